The van der Waals surface area contributed by atoms with Crippen molar-refractivity contribution in [2.45, 2.75) is 39.2 Å². The molecular formula is C23H28ClN3O2S. The topological polar surface area (TPSA) is 53.6 Å². The number of hydrogen-bond acceptors (Lipinski definition) is 6. The van der Waals surface area contributed by atoms with E-state index >= 15 is 0 Å². The standard InChI is InChI=1S/C23H28ClN3O2S/c1-3-29-23(28)20(26-24)13-16-8-10-27(11-9-16)21-14-17-6-4-5-7-19(17)25-22-18(21)12-15(2)30-22/h4-7,12,14,16,20,25-26H,3,8-11,13H2,1-2H3. The van der Waals surface area contributed by atoms with Crippen LogP contribution in [0.5, 0.6) is 0 Å². The summed E-state index contributed by atoms with van der Waals surface area (Å²) in [7, 11) is 0. The Hall–Kier alpha value is -2.02. The number of halogens is 1. The fraction of sp³-hybridized carbons (Fsp3) is 0.435. The maximum Gasteiger partial charge on any atom is 0.324 e. The van der Waals surface area contributed by atoms with Gasteiger partial charge in [-0.2, -0.15) is 0 Å². The molecular weight excluding hydrogens is 418 g/mol. The van der Waals surface area contributed by atoms with Crippen molar-refractivity contribution in [2.75, 3.05) is 25.0 Å². The average molecular weight is 446 g/mol. The summed E-state index contributed by atoms with van der Waals surface area (Å²) in [4.78, 5) is 18.5. The van der Waals surface area contributed by atoms with Gasteiger partial charge in [0.2, 0.25) is 0 Å². The first kappa shape index (κ1) is 21.2. The number of thiophene rings is 1. The van der Waals surface area contributed by atoms with Gasteiger partial charge in [-0.05, 0) is 69.0 Å². The molecule has 1 saturated heterocycles. The highest BCUT2D eigenvalue weighted by Crippen LogP contribution is 2.42. The lowest BCUT2D eigenvalue weighted by Crippen LogP contribution is -2.38. The van der Waals surface area contributed by atoms with Gasteiger partial charge < -0.3 is 15.0 Å². The van der Waals surface area contributed by atoms with Crippen LogP contribution in [0.1, 0.15) is 42.2 Å². The second-order valence-corrected chi connectivity index (χ2v) is 9.40. The highest BCUT2D eigenvalue weighted by atomic mass is 35.5. The number of para-hydroxylation sites is 1. The van der Waals surface area contributed by atoms with Crippen LogP contribution in [-0.4, -0.2) is 36.6 Å². The Morgan fingerprint density at radius 3 is 2.87 bits per heavy atom. The third-order valence-corrected chi connectivity index (χ3v) is 7.09. The predicted octanol–water partition coefficient (Wildman–Crippen LogP) is 5.39. The number of piperidine rings is 1. The number of carbonyl (C=O) groups is 1. The number of rotatable bonds is 6. The smallest absolute Gasteiger partial charge is 0.324 e. The van der Waals surface area contributed by atoms with E-state index < -0.39 is 6.04 Å². The summed E-state index contributed by atoms with van der Waals surface area (Å²) in [6.07, 6.45) is 5.07. The molecule has 2 aromatic rings. The normalized spacial score (nSPS) is 17.3. The molecule has 7 heteroatoms. The Labute approximate surface area is 187 Å². The first-order chi connectivity index (χ1) is 14.6. The molecule has 4 rings (SSSR count). The molecule has 1 aromatic heterocycles. The summed E-state index contributed by atoms with van der Waals surface area (Å²) in [6.45, 7) is 6.27. The van der Waals surface area contributed by atoms with E-state index in [2.05, 4.69) is 58.4 Å². The number of esters is 1. The van der Waals surface area contributed by atoms with Gasteiger partial charge in [0.25, 0.3) is 0 Å². The monoisotopic (exact) mass is 445 g/mol. The van der Waals surface area contributed by atoms with Crippen LogP contribution >= 0.6 is 23.1 Å². The highest BCUT2D eigenvalue weighted by molar-refractivity contribution is 7.16. The lowest BCUT2D eigenvalue weighted by molar-refractivity contribution is -0.145. The molecule has 1 atom stereocenters. The number of nitrogens with one attached hydrogen (secondary N) is 2. The molecule has 5 nitrogen and oxygen atoms in total. The zero-order valence-electron chi connectivity index (χ0n) is 17.4. The van der Waals surface area contributed by atoms with Gasteiger partial charge in [-0.25, -0.2) is 4.84 Å². The molecule has 1 unspecified atom stereocenters. The van der Waals surface area contributed by atoms with Gasteiger partial charge in [0.1, 0.15) is 11.0 Å². The van der Waals surface area contributed by atoms with E-state index in [9.17, 15) is 4.79 Å². The molecule has 160 valence electrons. The lowest BCUT2D eigenvalue weighted by atomic mass is 9.89. The second kappa shape index (κ2) is 9.41. The number of aryl methyl sites for hydroxylation is 1. The summed E-state index contributed by atoms with van der Waals surface area (Å²) in [5, 5.41) is 4.83. The minimum atomic E-state index is -0.442. The molecule has 0 radical (unpaired) electrons. The zero-order chi connectivity index (χ0) is 21.1. The van der Waals surface area contributed by atoms with Crippen molar-refractivity contribution in [3.8, 4) is 0 Å². The Morgan fingerprint density at radius 2 is 2.13 bits per heavy atom. The van der Waals surface area contributed by atoms with E-state index in [0.29, 0.717) is 18.9 Å². The number of hydrogen-bond donors (Lipinski definition) is 2. The van der Waals surface area contributed by atoms with Crippen LogP contribution < -0.4 is 10.2 Å². The molecule has 2 aliphatic heterocycles. The number of benzene rings is 1. The van der Waals surface area contributed by atoms with Gasteiger partial charge in [-0.15, -0.1) is 11.3 Å². The maximum absolute atomic E-state index is 12.1. The van der Waals surface area contributed by atoms with Crippen molar-refractivity contribution < 1.29 is 9.53 Å². The first-order valence-corrected chi connectivity index (χ1v) is 11.7. The van der Waals surface area contributed by atoms with Gasteiger partial charge in [0.15, 0.2) is 0 Å². The molecule has 1 aromatic carbocycles. The van der Waals surface area contributed by atoms with Crippen molar-refractivity contribution >= 4 is 51.5 Å². The van der Waals surface area contributed by atoms with Gasteiger partial charge in [-0.3, -0.25) is 4.79 Å². The van der Waals surface area contributed by atoms with Crippen LogP contribution in [0.4, 0.5) is 10.7 Å². The van der Waals surface area contributed by atoms with Crippen LogP contribution in [0, 0.1) is 12.8 Å². The number of likely N-dealkylation sites (tertiary alicyclic amines) is 1. The average Bonchev–Trinajstić information content (AvgIpc) is 3.04. The number of nitrogens with zero attached hydrogens (tertiary/aromatic N) is 1. The summed E-state index contributed by atoms with van der Waals surface area (Å²) in [5.74, 6) is 0.185. The van der Waals surface area contributed by atoms with Gasteiger partial charge >= 0.3 is 5.97 Å². The Balaban J connectivity index is 1.50. The van der Waals surface area contributed by atoms with Crippen molar-refractivity contribution in [1.82, 2.24) is 9.74 Å². The van der Waals surface area contributed by atoms with Crippen LogP contribution in [0.25, 0.3) is 11.8 Å². The Morgan fingerprint density at radius 1 is 1.37 bits per heavy atom. The fourth-order valence-electron chi connectivity index (χ4n) is 4.31. The van der Waals surface area contributed by atoms with E-state index in [1.165, 1.54) is 26.7 Å². The van der Waals surface area contributed by atoms with E-state index in [1.807, 2.05) is 6.92 Å². The van der Waals surface area contributed by atoms with Gasteiger partial charge in [0, 0.05) is 40.5 Å². The van der Waals surface area contributed by atoms with Crippen molar-refractivity contribution in [2.24, 2.45) is 5.92 Å². The third kappa shape index (κ3) is 4.51. The molecule has 0 bridgehead atoms. The molecule has 0 aliphatic carbocycles. The molecule has 30 heavy (non-hydrogen) atoms. The van der Waals surface area contributed by atoms with Crippen LogP contribution in [0.15, 0.2) is 30.3 Å². The molecule has 1 fully saturated rings. The summed E-state index contributed by atoms with van der Waals surface area (Å²) < 4.78 is 5.13. The minimum absolute atomic E-state index is 0.262. The van der Waals surface area contributed by atoms with Gasteiger partial charge in [-0.1, -0.05) is 18.2 Å². The number of carbonyl (C=O) groups excluding carboxylic acids is 1. The molecule has 0 amide bonds. The van der Waals surface area contributed by atoms with Gasteiger partial charge in [0.05, 0.1) is 6.61 Å². The molecule has 2 N–H and O–H groups in total. The number of ether oxygens (including phenoxy) is 1. The number of fused-ring (bicyclic) bond motifs is 2. The Kier molecular flexibility index (Phi) is 6.66. The summed E-state index contributed by atoms with van der Waals surface area (Å²) in [5.41, 5.74) is 4.92. The van der Waals surface area contributed by atoms with E-state index in [4.69, 9.17) is 16.5 Å². The van der Waals surface area contributed by atoms with Crippen molar-refractivity contribution in [1.29, 1.82) is 0 Å². The van der Waals surface area contributed by atoms with Crippen LogP contribution in [-0.2, 0) is 9.53 Å². The zero-order valence-corrected chi connectivity index (χ0v) is 19.0. The van der Waals surface area contributed by atoms with Crippen molar-refractivity contribution in [3.63, 3.8) is 0 Å². The second-order valence-electron chi connectivity index (χ2n) is 7.92. The van der Waals surface area contributed by atoms with E-state index in [1.54, 1.807) is 11.3 Å². The number of anilines is 2. The molecule has 3 heterocycles. The van der Waals surface area contributed by atoms with Crippen LogP contribution in [0.2, 0.25) is 0 Å². The summed E-state index contributed by atoms with van der Waals surface area (Å²) >= 11 is 7.62. The molecule has 0 spiro atoms. The molecule has 0 saturated carbocycles. The van der Waals surface area contributed by atoms with Crippen LogP contribution in [0.3, 0.4) is 0 Å². The third-order valence-electron chi connectivity index (χ3n) is 5.86. The summed E-state index contributed by atoms with van der Waals surface area (Å²) in [6, 6.07) is 10.3. The molecule has 2 aliphatic rings. The SMILES string of the molecule is CCOC(=O)C(CC1CCN(C2=Cc3ccccc3Nc3sc(C)cc32)CC1)NCl. The predicted molar refractivity (Wildman–Crippen MR) is 125 cm³/mol. The lowest BCUT2D eigenvalue weighted by Gasteiger charge is -2.36. The van der Waals surface area contributed by atoms with Crippen molar-refractivity contribution in [3.05, 3.63) is 46.3 Å². The minimum Gasteiger partial charge on any atom is -0.465 e. The largest absolute Gasteiger partial charge is 0.465 e. The fourth-order valence-corrected chi connectivity index (χ4v) is 5.43. The quantitative estimate of drug-likeness (QED) is 0.461. The Bertz CT molecular complexity index is 934. The van der Waals surface area contributed by atoms with E-state index in [0.717, 1.165) is 31.6 Å². The maximum atomic E-state index is 12.1. The highest BCUT2D eigenvalue weighted by Gasteiger charge is 2.29. The van der Waals surface area contributed by atoms with E-state index in [-0.39, 0.29) is 5.97 Å². The first-order valence-electron chi connectivity index (χ1n) is 10.5.